The Balaban J connectivity index is 4.52. The Morgan fingerprint density at radius 2 is 0.904 bits per heavy atom. The van der Waals surface area contributed by atoms with Crippen molar-refractivity contribution in [1.29, 1.82) is 0 Å². The van der Waals surface area contributed by atoms with Crippen LogP contribution in [0, 0.1) is 41.4 Å². The Labute approximate surface area is 565 Å². The number of carbonyl (C=O) groups excluding carboxylic acids is 11. The first-order chi connectivity index (χ1) is 43.6. The Kier molecular flexibility index (Phi) is 36.9. The predicted octanol–water partition coefficient (Wildman–Crippen LogP) is 5.10. The molecule has 24 nitrogen and oxygen atoms in total. The molecule has 1 saturated heterocycles. The first kappa shape index (κ1) is 85.8. The molecule has 540 valence electrons. The van der Waals surface area contributed by atoms with E-state index in [4.69, 9.17) is 0 Å². The van der Waals surface area contributed by atoms with E-state index in [-0.39, 0.29) is 62.3 Å². The number of nitrogens with one attached hydrogen (secondary N) is 3. The van der Waals surface area contributed by atoms with Gasteiger partial charge in [-0.1, -0.05) is 123 Å². The second-order valence-electron chi connectivity index (χ2n) is 28.8. The van der Waals surface area contributed by atoms with Gasteiger partial charge in [-0.2, -0.15) is 0 Å². The van der Waals surface area contributed by atoms with E-state index in [2.05, 4.69) is 34.7 Å². The molecule has 0 spiro atoms. The zero-order valence-corrected chi connectivity index (χ0v) is 62.7. The number of likely N-dealkylation sites (N-methyl/N-ethyl adjacent to an activating group) is 7. The summed E-state index contributed by atoms with van der Waals surface area (Å²) in [5, 5.41) is 20.5. The summed E-state index contributed by atoms with van der Waals surface area (Å²) < 4.78 is 0. The van der Waals surface area contributed by atoms with E-state index in [1.165, 1.54) is 92.6 Å². The summed E-state index contributed by atoms with van der Waals surface area (Å²) in [6.45, 7) is 36.4. The van der Waals surface area contributed by atoms with Crippen LogP contribution in [0.5, 0.6) is 0 Å². The third-order valence-electron chi connectivity index (χ3n) is 18.3. The number of nitrogens with zero attached hydrogens (tertiary/aromatic N) is 9. The van der Waals surface area contributed by atoms with Crippen molar-refractivity contribution in [2.75, 3.05) is 82.1 Å². The van der Waals surface area contributed by atoms with Gasteiger partial charge in [0.15, 0.2) is 0 Å². The maximum atomic E-state index is 15.7. The molecule has 11 amide bonds. The van der Waals surface area contributed by atoms with E-state index in [9.17, 15) is 33.9 Å². The Hall–Kier alpha value is -6.17. The van der Waals surface area contributed by atoms with Gasteiger partial charge in [0.2, 0.25) is 65.0 Å². The molecule has 0 bridgehead atoms. The average Bonchev–Trinajstić information content (AvgIpc) is 0.808. The number of unbranched alkanes of at least 4 members (excludes halogenated alkanes) is 1. The number of hydrogen-bond donors (Lipinski definition) is 4. The summed E-state index contributed by atoms with van der Waals surface area (Å²) in [6, 6.07) is -12.3. The summed E-state index contributed by atoms with van der Waals surface area (Å²) in [4.78, 5) is 177. The van der Waals surface area contributed by atoms with E-state index in [0.29, 0.717) is 19.3 Å². The summed E-state index contributed by atoms with van der Waals surface area (Å²) in [6.07, 6.45) is 4.24. The SMILES string of the molecule is C/C=C/C[C@@H](C)[C@@H](O)[C@H]1C(=O)N[C@@H](CC)C(=O)N(C)CC(=O)N(C)[C@@H](CC(C)C)C(=O)N(CCCCN(CC)CC)[C@@H](C(C)C)C(=O)N(C)[C@@H](CC(C)C)C(=O)N[C@@H](C)C(=O)N[C@H](C)C(=O)N(C)[C@@H](CC(C)C)C(=O)N(C)[C@@H](CC(C)C)C(=O)N(C)[C@@H](C(C)C)C(=O)N1C. The first-order valence-corrected chi connectivity index (χ1v) is 34.7. The van der Waals surface area contributed by atoms with Crippen molar-refractivity contribution in [1.82, 2.24) is 60.0 Å². The second-order valence-corrected chi connectivity index (χ2v) is 28.8. The van der Waals surface area contributed by atoms with Crippen LogP contribution in [0.15, 0.2) is 12.2 Å². The van der Waals surface area contributed by atoms with Gasteiger partial charge in [0.1, 0.15) is 60.4 Å². The van der Waals surface area contributed by atoms with E-state index in [1.807, 2.05) is 82.2 Å². The molecule has 1 fully saturated rings. The molecule has 24 heteroatoms. The molecule has 0 saturated carbocycles. The van der Waals surface area contributed by atoms with Gasteiger partial charge in [-0.05, 0) is 133 Å². The van der Waals surface area contributed by atoms with E-state index in [0.717, 1.165) is 29.4 Å². The van der Waals surface area contributed by atoms with E-state index in [1.54, 1.807) is 33.8 Å². The van der Waals surface area contributed by atoms with Crippen molar-refractivity contribution in [2.45, 2.75) is 249 Å². The number of allylic oxidation sites excluding steroid dienone is 2. The normalized spacial score (nSPS) is 25.7. The van der Waals surface area contributed by atoms with Crippen molar-refractivity contribution in [3.05, 3.63) is 12.2 Å². The van der Waals surface area contributed by atoms with Crippen molar-refractivity contribution >= 4 is 65.0 Å². The van der Waals surface area contributed by atoms with Crippen molar-refractivity contribution < 1.29 is 57.8 Å². The zero-order valence-electron chi connectivity index (χ0n) is 62.7. The zero-order chi connectivity index (χ0) is 72.7. The fraction of sp³-hybridized carbons (Fsp3) is 0.814. The first-order valence-electron chi connectivity index (χ1n) is 34.7. The van der Waals surface area contributed by atoms with Crippen LogP contribution < -0.4 is 16.0 Å². The number of hydrogen-bond acceptors (Lipinski definition) is 13. The molecule has 0 radical (unpaired) electrons. The smallest absolute Gasteiger partial charge is 0.246 e. The fourth-order valence-corrected chi connectivity index (χ4v) is 12.4. The molecule has 0 aromatic rings. The largest absolute Gasteiger partial charge is 0.390 e. The Morgan fingerprint density at radius 3 is 1.36 bits per heavy atom. The maximum Gasteiger partial charge on any atom is 0.246 e. The number of carbonyl (C=O) groups is 11. The third-order valence-corrected chi connectivity index (χ3v) is 18.3. The summed E-state index contributed by atoms with van der Waals surface area (Å²) in [5.41, 5.74) is 0. The molecular formula is C70H128N12O12. The topological polar surface area (TPSA) is 273 Å². The average molecular weight is 1330 g/mol. The summed E-state index contributed by atoms with van der Waals surface area (Å²) >= 11 is 0. The molecule has 0 aliphatic carbocycles. The van der Waals surface area contributed by atoms with Gasteiger partial charge in [-0.25, -0.2) is 0 Å². The second kappa shape index (κ2) is 40.4. The van der Waals surface area contributed by atoms with Crippen LogP contribution in [0.1, 0.15) is 183 Å². The van der Waals surface area contributed by atoms with Crippen LogP contribution in [0.4, 0.5) is 0 Å². The van der Waals surface area contributed by atoms with Crippen LogP contribution in [0.3, 0.4) is 0 Å². The van der Waals surface area contributed by atoms with Crippen LogP contribution in [-0.2, 0) is 52.7 Å². The number of rotatable bonds is 22. The van der Waals surface area contributed by atoms with Crippen LogP contribution in [0.25, 0.3) is 0 Å². The van der Waals surface area contributed by atoms with E-state index >= 15 is 24.0 Å². The lowest BCUT2D eigenvalue weighted by Crippen LogP contribution is -2.63. The fourth-order valence-electron chi connectivity index (χ4n) is 12.4. The molecule has 1 aliphatic rings. The lowest BCUT2D eigenvalue weighted by Gasteiger charge is -2.41. The van der Waals surface area contributed by atoms with Crippen molar-refractivity contribution in [3.8, 4) is 0 Å². The standard InChI is InChI=1S/C70H128N12O12/c1-27-31-34-48(17)60(84)59-63(87)73-51(28-2)65(89)74(20)41-56(83)75(21)55(40-45(11)12)68(92)82(36-33-32-35-81(29-3)30-4)58(47(15)16)70(94)76(22)52(37-42(5)6)62(86)71-49(18)61(85)72-50(19)64(88)77(23)53(38-43(7)8)66(90)78(24)54(39-44(9)10)67(91)79(25)57(46(13)14)69(93)80(59)26/h27,31,42-55,57-60,84H,28-30,32-41H2,1-26H3,(H,71,86)(H,72,85)(H,73,87)/b31-27+/t48-,49+,50-,51+,52+,53+,54+,55+,57+,58+,59+,60-/m1/s1. The van der Waals surface area contributed by atoms with Gasteiger partial charge in [-0.15, -0.1) is 0 Å². The van der Waals surface area contributed by atoms with Crippen LogP contribution in [0.2, 0.25) is 0 Å². The van der Waals surface area contributed by atoms with Gasteiger partial charge in [0.05, 0.1) is 12.6 Å². The maximum absolute atomic E-state index is 15.7. The van der Waals surface area contributed by atoms with Gasteiger partial charge < -0.3 is 65.2 Å². The quantitative estimate of drug-likeness (QED) is 0.0812. The van der Waals surface area contributed by atoms with Crippen molar-refractivity contribution in [2.24, 2.45) is 41.4 Å². The van der Waals surface area contributed by atoms with Gasteiger partial charge in [0, 0.05) is 55.9 Å². The monoisotopic (exact) mass is 1330 g/mol. The number of aliphatic hydroxyl groups excluding tert-OH is 1. The van der Waals surface area contributed by atoms with Crippen LogP contribution >= 0.6 is 0 Å². The van der Waals surface area contributed by atoms with Gasteiger partial charge in [-0.3, -0.25) is 52.7 Å². The van der Waals surface area contributed by atoms with Gasteiger partial charge in [0.25, 0.3) is 0 Å². The molecule has 0 aromatic heterocycles. The minimum absolute atomic E-state index is 0.0222. The lowest BCUT2D eigenvalue weighted by molar-refractivity contribution is -0.157. The molecule has 1 heterocycles. The molecule has 0 aromatic carbocycles. The Bertz CT molecular complexity index is 2520. The molecular weight excluding hydrogens is 1200 g/mol. The van der Waals surface area contributed by atoms with Crippen LogP contribution in [-0.4, -0.2) is 263 Å². The minimum atomic E-state index is -1.62. The summed E-state index contributed by atoms with van der Waals surface area (Å²) in [5.74, 6) is -9.43. The van der Waals surface area contributed by atoms with Gasteiger partial charge >= 0.3 is 0 Å². The Morgan fingerprint density at radius 1 is 0.479 bits per heavy atom. The van der Waals surface area contributed by atoms with E-state index < -0.39 is 156 Å². The highest BCUT2D eigenvalue weighted by atomic mass is 16.3. The molecule has 1 aliphatic heterocycles. The highest BCUT2D eigenvalue weighted by molar-refractivity contribution is 5.99. The predicted molar refractivity (Wildman–Crippen MR) is 369 cm³/mol. The minimum Gasteiger partial charge on any atom is -0.390 e. The third kappa shape index (κ3) is 24.5. The molecule has 4 N–H and O–H groups in total. The molecule has 12 atom stereocenters. The molecule has 0 unspecified atom stereocenters. The lowest BCUT2D eigenvalue weighted by atomic mass is 9.91. The highest BCUT2D eigenvalue weighted by Gasteiger charge is 2.46. The highest BCUT2D eigenvalue weighted by Crippen LogP contribution is 2.27. The summed E-state index contributed by atoms with van der Waals surface area (Å²) in [7, 11) is 10.1. The molecule has 94 heavy (non-hydrogen) atoms. The molecule has 1 rings (SSSR count). The number of amides is 11. The number of aliphatic hydroxyl groups is 1. The van der Waals surface area contributed by atoms with Crippen molar-refractivity contribution in [3.63, 3.8) is 0 Å².